The van der Waals surface area contributed by atoms with Crippen molar-refractivity contribution in [1.82, 2.24) is 20.2 Å². The zero-order valence-electron chi connectivity index (χ0n) is 16.1. The lowest BCUT2D eigenvalue weighted by Crippen LogP contribution is -2.44. The van der Waals surface area contributed by atoms with Crippen LogP contribution in [-0.4, -0.2) is 51.9 Å². The van der Waals surface area contributed by atoms with Crippen molar-refractivity contribution in [2.45, 2.75) is 19.6 Å². The second-order valence-corrected chi connectivity index (χ2v) is 7.97. The van der Waals surface area contributed by atoms with E-state index in [1.54, 1.807) is 36.8 Å². The summed E-state index contributed by atoms with van der Waals surface area (Å²) >= 11 is 6.96. The van der Waals surface area contributed by atoms with E-state index in [9.17, 15) is 4.79 Å². The fourth-order valence-corrected chi connectivity index (χ4v) is 3.70. The lowest BCUT2D eigenvalue weighted by molar-refractivity contribution is 0.0976. The monoisotopic (exact) mass is 446 g/mol. The number of nitrogens with one attached hydrogen (secondary N) is 1. The van der Waals surface area contributed by atoms with Gasteiger partial charge in [-0.1, -0.05) is 16.7 Å². The average Bonchev–Trinajstić information content (AvgIpc) is 3.21. The predicted octanol–water partition coefficient (Wildman–Crippen LogP) is 3.04. The van der Waals surface area contributed by atoms with Gasteiger partial charge in [-0.15, -0.1) is 5.10 Å². The van der Waals surface area contributed by atoms with Gasteiger partial charge < -0.3 is 14.4 Å². The molecule has 1 aliphatic rings. The Labute approximate surface area is 182 Å². The molecule has 4 rings (SSSR count). The summed E-state index contributed by atoms with van der Waals surface area (Å²) in [6.07, 6.45) is 4.84. The molecule has 0 aromatic carbocycles. The number of carbonyl (C=O) groups excluding carboxylic acids is 1. The van der Waals surface area contributed by atoms with Crippen molar-refractivity contribution in [2.24, 2.45) is 0 Å². The van der Waals surface area contributed by atoms with E-state index in [1.807, 2.05) is 0 Å². The van der Waals surface area contributed by atoms with E-state index < -0.39 is 0 Å². The summed E-state index contributed by atoms with van der Waals surface area (Å²) in [5, 5.41) is 12.0. The summed E-state index contributed by atoms with van der Waals surface area (Å²) in [5.74, 6) is -0.284. The molecule has 1 saturated heterocycles. The summed E-state index contributed by atoms with van der Waals surface area (Å²) in [5.41, 5.74) is 1.99. The first kappa shape index (κ1) is 20.5. The lowest BCUT2D eigenvalue weighted by Gasteiger charge is -2.35. The normalized spacial score (nSPS) is 16.3. The zero-order valence-corrected chi connectivity index (χ0v) is 17.7. The van der Waals surface area contributed by atoms with Gasteiger partial charge in [-0.25, -0.2) is 0 Å². The summed E-state index contributed by atoms with van der Waals surface area (Å²) in [4.78, 5) is 23.4. The van der Waals surface area contributed by atoms with Crippen molar-refractivity contribution >= 4 is 39.7 Å². The van der Waals surface area contributed by atoms with Crippen molar-refractivity contribution in [2.75, 3.05) is 30.0 Å². The number of rotatable bonds is 6. The van der Waals surface area contributed by atoms with E-state index in [4.69, 9.17) is 21.1 Å². The molecule has 1 fully saturated rings. The van der Waals surface area contributed by atoms with Gasteiger partial charge in [0.05, 0.1) is 41.4 Å². The van der Waals surface area contributed by atoms with Crippen LogP contribution >= 0.6 is 22.9 Å². The predicted molar refractivity (Wildman–Crippen MR) is 113 cm³/mol. The second kappa shape index (κ2) is 9.33. The first-order valence-corrected chi connectivity index (χ1v) is 10.5. The molecule has 0 aliphatic carbocycles. The molecule has 0 bridgehead atoms. The van der Waals surface area contributed by atoms with Crippen LogP contribution in [0.1, 0.15) is 23.0 Å². The minimum Gasteiger partial charge on any atom is -0.462 e. The van der Waals surface area contributed by atoms with Gasteiger partial charge in [-0.2, -0.15) is 0 Å². The van der Waals surface area contributed by atoms with Crippen LogP contribution < -0.4 is 15.0 Å². The molecule has 1 atom stereocenters. The molecule has 1 N–H and O–H groups in total. The first-order valence-electron chi connectivity index (χ1n) is 9.26. The number of ether oxygens (including phenoxy) is 2. The quantitative estimate of drug-likeness (QED) is 0.616. The fraction of sp³-hybridized carbons (Fsp3) is 0.316. The number of halogens is 1. The number of aromatic nitrogens is 4. The maximum atomic E-state index is 12.9. The highest BCUT2D eigenvalue weighted by atomic mass is 35.5. The van der Waals surface area contributed by atoms with E-state index in [0.29, 0.717) is 46.4 Å². The van der Waals surface area contributed by atoms with Gasteiger partial charge in [0, 0.05) is 25.0 Å². The number of morpholine rings is 1. The SMILES string of the molecule is CC1COCCN1c1cnccc1C(=O)Nc1nnc(OCc2ccc(Cl)cn2)s1. The summed E-state index contributed by atoms with van der Waals surface area (Å²) in [7, 11) is 0. The van der Waals surface area contributed by atoms with Gasteiger partial charge in [0.15, 0.2) is 0 Å². The van der Waals surface area contributed by atoms with Crippen LogP contribution in [0.3, 0.4) is 0 Å². The maximum absolute atomic E-state index is 12.9. The molecule has 1 amide bonds. The molecule has 0 spiro atoms. The Morgan fingerprint density at radius 2 is 2.27 bits per heavy atom. The Balaban J connectivity index is 1.42. The van der Waals surface area contributed by atoms with Gasteiger partial charge in [0.25, 0.3) is 11.1 Å². The highest BCUT2D eigenvalue weighted by Crippen LogP contribution is 2.27. The van der Waals surface area contributed by atoms with Crippen molar-refractivity contribution in [3.05, 3.63) is 53.1 Å². The highest BCUT2D eigenvalue weighted by molar-refractivity contribution is 7.17. The van der Waals surface area contributed by atoms with Crippen molar-refractivity contribution in [3.8, 4) is 5.19 Å². The van der Waals surface area contributed by atoms with Gasteiger partial charge in [0.1, 0.15) is 6.61 Å². The van der Waals surface area contributed by atoms with Crippen molar-refractivity contribution in [1.29, 1.82) is 0 Å². The van der Waals surface area contributed by atoms with Crippen LogP contribution in [0.25, 0.3) is 0 Å². The Hall–Kier alpha value is -2.82. The number of amides is 1. The number of anilines is 2. The Kier molecular flexibility index (Phi) is 6.36. The van der Waals surface area contributed by atoms with Crippen LogP contribution in [0.5, 0.6) is 5.19 Å². The number of hydrogen-bond acceptors (Lipinski definition) is 9. The molecule has 0 saturated carbocycles. The Morgan fingerprint density at radius 3 is 3.07 bits per heavy atom. The number of carbonyl (C=O) groups is 1. The molecule has 9 nitrogen and oxygen atoms in total. The molecule has 30 heavy (non-hydrogen) atoms. The van der Waals surface area contributed by atoms with E-state index in [2.05, 4.69) is 37.3 Å². The second-order valence-electron chi connectivity index (χ2n) is 6.59. The molecular weight excluding hydrogens is 428 g/mol. The summed E-state index contributed by atoms with van der Waals surface area (Å²) in [6, 6.07) is 5.35. The number of hydrogen-bond donors (Lipinski definition) is 1. The van der Waals surface area contributed by atoms with Gasteiger partial charge in [0.2, 0.25) is 5.13 Å². The molecule has 156 valence electrons. The minimum absolute atomic E-state index is 0.150. The lowest BCUT2D eigenvalue weighted by atomic mass is 10.1. The van der Waals surface area contributed by atoms with Gasteiger partial charge in [-0.05, 0) is 36.5 Å². The maximum Gasteiger partial charge on any atom is 0.296 e. The third-order valence-corrected chi connectivity index (χ3v) is 5.46. The molecular formula is C19H19ClN6O3S. The molecule has 1 unspecified atom stereocenters. The van der Waals surface area contributed by atoms with Crippen molar-refractivity contribution in [3.63, 3.8) is 0 Å². The van der Waals surface area contributed by atoms with Crippen LogP contribution in [-0.2, 0) is 11.3 Å². The zero-order chi connectivity index (χ0) is 20.9. The molecule has 11 heteroatoms. The minimum atomic E-state index is -0.284. The number of nitrogens with zero attached hydrogens (tertiary/aromatic N) is 5. The molecule has 3 aromatic heterocycles. The molecule has 4 heterocycles. The molecule has 1 aliphatic heterocycles. The topological polar surface area (TPSA) is 102 Å². The first-order chi connectivity index (χ1) is 14.6. The fourth-order valence-electron chi connectivity index (χ4n) is 3.00. The number of pyridine rings is 2. The Morgan fingerprint density at radius 1 is 1.37 bits per heavy atom. The van der Waals surface area contributed by atoms with Crippen LogP contribution in [0.15, 0.2) is 36.8 Å². The van der Waals surface area contributed by atoms with E-state index in [0.717, 1.165) is 17.0 Å². The van der Waals surface area contributed by atoms with Crippen LogP contribution in [0.4, 0.5) is 10.8 Å². The van der Waals surface area contributed by atoms with Gasteiger partial charge in [-0.3, -0.25) is 20.1 Å². The van der Waals surface area contributed by atoms with E-state index in [1.165, 1.54) is 0 Å². The highest BCUT2D eigenvalue weighted by Gasteiger charge is 2.24. The van der Waals surface area contributed by atoms with Crippen LogP contribution in [0, 0.1) is 0 Å². The third kappa shape index (κ3) is 4.84. The average molecular weight is 447 g/mol. The molecule has 0 radical (unpaired) electrons. The van der Waals surface area contributed by atoms with Crippen molar-refractivity contribution < 1.29 is 14.3 Å². The summed E-state index contributed by atoms with van der Waals surface area (Å²) in [6.45, 7) is 4.19. The smallest absolute Gasteiger partial charge is 0.296 e. The standard InChI is InChI=1S/C19H19ClN6O3S/c1-12-10-28-7-6-26(12)16-9-21-5-4-15(16)17(27)23-18-24-25-19(30-18)29-11-14-3-2-13(20)8-22-14/h2-5,8-9,12H,6-7,10-11H2,1H3,(H,23,24,27). The van der Waals surface area contributed by atoms with E-state index >= 15 is 0 Å². The van der Waals surface area contributed by atoms with E-state index in [-0.39, 0.29) is 18.6 Å². The summed E-state index contributed by atoms with van der Waals surface area (Å²) < 4.78 is 11.1. The van der Waals surface area contributed by atoms with Gasteiger partial charge >= 0.3 is 0 Å². The molecule has 3 aromatic rings. The van der Waals surface area contributed by atoms with Crippen LogP contribution in [0.2, 0.25) is 5.02 Å². The largest absolute Gasteiger partial charge is 0.462 e. The Bertz CT molecular complexity index is 1020. The third-order valence-electron chi connectivity index (χ3n) is 4.48.